The Morgan fingerprint density at radius 3 is 2.33 bits per heavy atom. The van der Waals surface area contributed by atoms with Gasteiger partial charge in [-0.25, -0.2) is 0 Å². The van der Waals surface area contributed by atoms with Crippen molar-refractivity contribution >= 4 is 5.91 Å². The van der Waals surface area contributed by atoms with E-state index in [0.717, 1.165) is 19.3 Å². The molecule has 0 aliphatic heterocycles. The topological polar surface area (TPSA) is 63.3 Å². The molecule has 3 nitrogen and oxygen atoms in total. The van der Waals surface area contributed by atoms with Gasteiger partial charge in [0.15, 0.2) is 0 Å². The van der Waals surface area contributed by atoms with Crippen molar-refractivity contribution < 1.29 is 9.90 Å². The summed E-state index contributed by atoms with van der Waals surface area (Å²) in [6.45, 7) is 0. The molecule has 0 aromatic heterocycles. The Bertz CT molecular complexity index is 129. The van der Waals surface area contributed by atoms with E-state index < -0.39 is 11.5 Å². The zero-order chi connectivity index (χ0) is 6.91. The van der Waals surface area contributed by atoms with Gasteiger partial charge in [-0.1, -0.05) is 0 Å². The highest BCUT2D eigenvalue weighted by atomic mass is 16.3. The quantitative estimate of drug-likeness (QED) is 0.541. The van der Waals surface area contributed by atoms with Gasteiger partial charge >= 0.3 is 0 Å². The summed E-state index contributed by atoms with van der Waals surface area (Å²) in [5.74, 6) is -0.405. The summed E-state index contributed by atoms with van der Waals surface area (Å²) in [6, 6.07) is 0. The second kappa shape index (κ2) is 1.99. The number of nitrogens with two attached hydrogens (primary N) is 1. The number of primary amides is 1. The molecule has 1 rings (SSSR count). The molecule has 1 saturated carbocycles. The first-order valence-corrected chi connectivity index (χ1v) is 3.13. The molecule has 0 aromatic carbocycles. The maximum Gasteiger partial charge on any atom is 0.220 e. The molecule has 1 fully saturated rings. The van der Waals surface area contributed by atoms with Crippen molar-refractivity contribution in [1.29, 1.82) is 0 Å². The van der Waals surface area contributed by atoms with Crippen molar-refractivity contribution in [1.82, 2.24) is 0 Å². The Morgan fingerprint density at radius 2 is 2.22 bits per heavy atom. The Kier molecular flexibility index (Phi) is 1.45. The fourth-order valence-corrected chi connectivity index (χ4v) is 1.09. The molecule has 1 aliphatic carbocycles. The summed E-state index contributed by atoms with van der Waals surface area (Å²) >= 11 is 0. The zero-order valence-electron chi connectivity index (χ0n) is 5.26. The predicted octanol–water partition coefficient (Wildman–Crippen LogP) is -0.223. The first-order valence-electron chi connectivity index (χ1n) is 3.13. The van der Waals surface area contributed by atoms with Crippen LogP contribution in [0.25, 0.3) is 0 Å². The zero-order valence-corrected chi connectivity index (χ0v) is 5.26. The number of hydrogen-bond acceptors (Lipinski definition) is 2. The fraction of sp³-hybridized carbons (Fsp3) is 0.833. The molecule has 0 bridgehead atoms. The minimum atomic E-state index is -0.730. The van der Waals surface area contributed by atoms with Gasteiger partial charge in [0.05, 0.1) is 12.0 Å². The highest BCUT2D eigenvalue weighted by Crippen LogP contribution is 2.33. The standard InChI is InChI=1S/C6H11NO2/c7-5(8)4-6(9)2-1-3-6/h9H,1-4H2,(H2,7,8). The molecular formula is C6H11NO2. The minimum absolute atomic E-state index is 0.132. The number of hydrogen-bond donors (Lipinski definition) is 2. The number of carbonyl (C=O) groups excluding carboxylic acids is 1. The van der Waals surface area contributed by atoms with E-state index in [2.05, 4.69) is 0 Å². The van der Waals surface area contributed by atoms with Crippen LogP contribution in [0.4, 0.5) is 0 Å². The molecule has 3 heteroatoms. The number of amides is 1. The van der Waals surface area contributed by atoms with Crippen molar-refractivity contribution in [3.05, 3.63) is 0 Å². The molecule has 0 saturated heterocycles. The van der Waals surface area contributed by atoms with Crippen molar-refractivity contribution in [2.75, 3.05) is 0 Å². The molecule has 0 unspecified atom stereocenters. The van der Waals surface area contributed by atoms with Gasteiger partial charge in [0.1, 0.15) is 0 Å². The average molecular weight is 129 g/mol. The van der Waals surface area contributed by atoms with E-state index in [1.807, 2.05) is 0 Å². The van der Waals surface area contributed by atoms with Crippen LogP contribution in [0.5, 0.6) is 0 Å². The molecule has 0 spiro atoms. The first kappa shape index (κ1) is 6.55. The molecule has 3 N–H and O–H groups in total. The Balaban J connectivity index is 2.33. The van der Waals surface area contributed by atoms with E-state index in [1.165, 1.54) is 0 Å². The van der Waals surface area contributed by atoms with Gasteiger partial charge < -0.3 is 10.8 Å². The van der Waals surface area contributed by atoms with E-state index in [9.17, 15) is 9.90 Å². The minimum Gasteiger partial charge on any atom is -0.389 e. The second-order valence-electron chi connectivity index (χ2n) is 2.72. The van der Waals surface area contributed by atoms with Gasteiger partial charge in [-0.3, -0.25) is 4.79 Å². The van der Waals surface area contributed by atoms with E-state index >= 15 is 0 Å². The third-order valence-corrected chi connectivity index (χ3v) is 1.79. The molecule has 0 radical (unpaired) electrons. The van der Waals surface area contributed by atoms with E-state index in [-0.39, 0.29) is 6.42 Å². The van der Waals surface area contributed by atoms with Gasteiger partial charge in [-0.2, -0.15) is 0 Å². The largest absolute Gasteiger partial charge is 0.389 e. The van der Waals surface area contributed by atoms with Crippen LogP contribution in [-0.2, 0) is 4.79 Å². The highest BCUT2D eigenvalue weighted by Gasteiger charge is 2.35. The van der Waals surface area contributed by atoms with Crippen LogP contribution in [0, 0.1) is 0 Å². The Hall–Kier alpha value is -0.570. The summed E-state index contributed by atoms with van der Waals surface area (Å²) in [5, 5.41) is 9.28. The Labute approximate surface area is 53.9 Å². The number of rotatable bonds is 2. The van der Waals surface area contributed by atoms with Crippen LogP contribution in [0.1, 0.15) is 25.7 Å². The average Bonchev–Trinajstić information content (AvgIpc) is 1.60. The predicted molar refractivity (Wildman–Crippen MR) is 32.6 cm³/mol. The lowest BCUT2D eigenvalue weighted by molar-refractivity contribution is -0.126. The van der Waals surface area contributed by atoms with Crippen molar-refractivity contribution in [3.8, 4) is 0 Å². The first-order chi connectivity index (χ1) is 4.12. The Morgan fingerprint density at radius 1 is 1.67 bits per heavy atom. The maximum atomic E-state index is 10.3. The van der Waals surface area contributed by atoms with Gasteiger partial charge in [-0.05, 0) is 19.3 Å². The van der Waals surface area contributed by atoms with Crippen LogP contribution < -0.4 is 5.73 Å². The number of carbonyl (C=O) groups is 1. The molecular weight excluding hydrogens is 118 g/mol. The van der Waals surface area contributed by atoms with E-state index in [4.69, 9.17) is 5.73 Å². The number of aliphatic hydroxyl groups is 1. The van der Waals surface area contributed by atoms with E-state index in [1.54, 1.807) is 0 Å². The van der Waals surface area contributed by atoms with Crippen LogP contribution >= 0.6 is 0 Å². The van der Waals surface area contributed by atoms with E-state index in [0.29, 0.717) is 0 Å². The molecule has 1 amide bonds. The smallest absolute Gasteiger partial charge is 0.220 e. The highest BCUT2D eigenvalue weighted by molar-refractivity contribution is 5.75. The summed E-state index contributed by atoms with van der Waals surface area (Å²) < 4.78 is 0. The fourth-order valence-electron chi connectivity index (χ4n) is 1.09. The summed E-state index contributed by atoms with van der Waals surface area (Å²) in [4.78, 5) is 10.3. The lowest BCUT2D eigenvalue weighted by Gasteiger charge is -2.35. The normalized spacial score (nSPS) is 22.8. The molecule has 52 valence electrons. The van der Waals surface area contributed by atoms with Crippen LogP contribution in [0.15, 0.2) is 0 Å². The second-order valence-corrected chi connectivity index (χ2v) is 2.72. The van der Waals surface area contributed by atoms with Gasteiger partial charge in [0.2, 0.25) is 5.91 Å². The lowest BCUT2D eigenvalue weighted by Crippen LogP contribution is -2.40. The molecule has 0 atom stereocenters. The van der Waals surface area contributed by atoms with Gasteiger partial charge in [0, 0.05) is 0 Å². The van der Waals surface area contributed by atoms with Crippen molar-refractivity contribution in [2.24, 2.45) is 5.73 Å². The summed E-state index contributed by atoms with van der Waals surface area (Å²) in [6.07, 6.45) is 2.61. The third kappa shape index (κ3) is 1.42. The third-order valence-electron chi connectivity index (χ3n) is 1.79. The van der Waals surface area contributed by atoms with Gasteiger partial charge in [-0.15, -0.1) is 0 Å². The lowest BCUT2D eigenvalue weighted by atomic mass is 9.78. The van der Waals surface area contributed by atoms with Gasteiger partial charge in [0.25, 0.3) is 0 Å². The maximum absolute atomic E-state index is 10.3. The van der Waals surface area contributed by atoms with Crippen LogP contribution in [0.2, 0.25) is 0 Å². The van der Waals surface area contributed by atoms with Crippen molar-refractivity contribution in [3.63, 3.8) is 0 Å². The molecule has 9 heavy (non-hydrogen) atoms. The molecule has 0 aromatic rings. The van der Waals surface area contributed by atoms with Crippen LogP contribution in [0.3, 0.4) is 0 Å². The summed E-state index contributed by atoms with van der Waals surface area (Å²) in [5.41, 5.74) is 4.16. The van der Waals surface area contributed by atoms with Crippen LogP contribution in [-0.4, -0.2) is 16.6 Å². The molecule has 0 heterocycles. The summed E-state index contributed by atoms with van der Waals surface area (Å²) in [7, 11) is 0. The SMILES string of the molecule is NC(=O)CC1(O)CCC1. The monoisotopic (exact) mass is 129 g/mol. The molecule has 1 aliphatic rings. The van der Waals surface area contributed by atoms with Crippen molar-refractivity contribution in [2.45, 2.75) is 31.3 Å².